The number of hydrogen-bond donors (Lipinski definition) is 0. The van der Waals surface area contributed by atoms with Gasteiger partial charge in [-0.15, -0.1) is 4.91 Å². The summed E-state index contributed by atoms with van der Waals surface area (Å²) in [5.74, 6) is 0. The maximum Gasteiger partial charge on any atom is 0.204 e. The fraction of sp³-hybridized carbons (Fsp3) is 0.800. The Kier molecular flexibility index (Phi) is 4.41. The van der Waals surface area contributed by atoms with Gasteiger partial charge in [0.05, 0.1) is 11.8 Å². The summed E-state index contributed by atoms with van der Waals surface area (Å²) < 4.78 is 0. The Morgan fingerprint density at radius 1 is 1.78 bits per heavy atom. The van der Waals surface area contributed by atoms with Gasteiger partial charge in [-0.3, -0.25) is 0 Å². The first-order chi connectivity index (χ1) is 4.35. The lowest BCUT2D eigenvalue weighted by molar-refractivity contribution is 0.400. The summed E-state index contributed by atoms with van der Waals surface area (Å²) in [6.07, 6.45) is 3.44. The molecule has 50 valence electrons. The van der Waals surface area contributed by atoms with E-state index < -0.39 is 0 Å². The van der Waals surface area contributed by atoms with Crippen LogP contribution in [0, 0.1) is 16.4 Å². The van der Waals surface area contributed by atoms with E-state index in [1.165, 1.54) is 0 Å². The maximum atomic E-state index is 9.70. The van der Waals surface area contributed by atoms with Gasteiger partial charge in [0.2, 0.25) is 6.19 Å². The molecule has 0 saturated carbocycles. The third kappa shape index (κ3) is 3.47. The van der Waals surface area contributed by atoms with Crippen molar-refractivity contribution in [3.63, 3.8) is 0 Å². The zero-order valence-corrected chi connectivity index (χ0v) is 5.37. The molecule has 0 aromatic carbocycles. The summed E-state index contributed by atoms with van der Waals surface area (Å²) >= 11 is 0. The molecular weight excluding hydrogens is 118 g/mol. The zero-order chi connectivity index (χ0) is 7.11. The van der Waals surface area contributed by atoms with Crippen LogP contribution in [0.25, 0.3) is 0 Å². The van der Waals surface area contributed by atoms with E-state index in [1.54, 1.807) is 6.19 Å². The molecular formula is C5H9N3O. The van der Waals surface area contributed by atoms with Crippen LogP contribution in [0.5, 0.6) is 0 Å². The molecule has 0 radical (unpaired) electrons. The summed E-state index contributed by atoms with van der Waals surface area (Å²) in [7, 11) is 0. The fourth-order valence-electron chi connectivity index (χ4n) is 0.417. The lowest BCUT2D eigenvalue weighted by Gasteiger charge is -2.00. The Labute approximate surface area is 54.0 Å². The second kappa shape index (κ2) is 5.04. The topological polar surface area (TPSA) is 56.5 Å². The Morgan fingerprint density at radius 3 is 2.78 bits per heavy atom. The summed E-state index contributed by atoms with van der Waals surface area (Å²) in [5, 5.41) is 11.4. The highest BCUT2D eigenvalue weighted by Crippen LogP contribution is 1.91. The highest BCUT2D eigenvalue weighted by Gasteiger charge is 1.96. The molecule has 0 amide bonds. The average Bonchev–Trinajstić information content (AvgIpc) is 1.91. The Morgan fingerprint density at radius 2 is 2.44 bits per heavy atom. The molecule has 0 aliphatic rings. The normalized spacial score (nSPS) is 8.00. The van der Waals surface area contributed by atoms with Crippen LogP contribution in [-0.2, 0) is 0 Å². The van der Waals surface area contributed by atoms with Crippen molar-refractivity contribution in [2.24, 2.45) is 5.29 Å². The molecule has 0 rings (SSSR count). The van der Waals surface area contributed by atoms with Gasteiger partial charge in [-0.1, -0.05) is 13.3 Å². The van der Waals surface area contributed by atoms with Gasteiger partial charge >= 0.3 is 0 Å². The number of nitriles is 1. The van der Waals surface area contributed by atoms with Crippen LogP contribution >= 0.6 is 0 Å². The van der Waals surface area contributed by atoms with Crippen LogP contribution < -0.4 is 0 Å². The average molecular weight is 127 g/mol. The molecule has 4 heteroatoms. The largest absolute Gasteiger partial charge is 0.204 e. The minimum absolute atomic E-state index is 0.441. The minimum atomic E-state index is 0.441. The maximum absolute atomic E-state index is 9.70. The summed E-state index contributed by atoms with van der Waals surface area (Å²) in [6.45, 7) is 2.43. The van der Waals surface area contributed by atoms with Crippen molar-refractivity contribution in [3.05, 3.63) is 4.91 Å². The number of rotatable bonds is 4. The molecule has 0 aromatic heterocycles. The zero-order valence-electron chi connectivity index (χ0n) is 5.37. The van der Waals surface area contributed by atoms with E-state index in [2.05, 4.69) is 5.29 Å². The van der Waals surface area contributed by atoms with Crippen LogP contribution in [0.1, 0.15) is 19.8 Å². The van der Waals surface area contributed by atoms with Gasteiger partial charge in [0.1, 0.15) is 0 Å². The van der Waals surface area contributed by atoms with Crippen LogP contribution in [0.15, 0.2) is 5.29 Å². The standard InChI is InChI=1S/C5H9N3O/c1-2-3-4-8(5-6)7-9/h2-4H2,1H3. The second-order valence-electron chi connectivity index (χ2n) is 1.66. The predicted octanol–water partition coefficient (Wildman–Crippen LogP) is 1.25. The van der Waals surface area contributed by atoms with E-state index in [-0.39, 0.29) is 0 Å². The molecule has 0 heterocycles. The fourth-order valence-corrected chi connectivity index (χ4v) is 0.417. The lowest BCUT2D eigenvalue weighted by Crippen LogP contribution is -2.09. The summed E-state index contributed by atoms with van der Waals surface area (Å²) in [4.78, 5) is 9.70. The van der Waals surface area contributed by atoms with Crippen LogP contribution in [0.4, 0.5) is 0 Å². The highest BCUT2D eigenvalue weighted by molar-refractivity contribution is 4.67. The van der Waals surface area contributed by atoms with E-state index in [9.17, 15) is 4.91 Å². The van der Waals surface area contributed by atoms with E-state index >= 15 is 0 Å². The number of nitrogens with zero attached hydrogens (tertiary/aromatic N) is 3. The SMILES string of the molecule is CCCCN(C#N)N=O. The number of unbranched alkanes of at least 4 members (excludes halogenated alkanes) is 1. The molecule has 0 atom stereocenters. The molecule has 0 aromatic rings. The monoisotopic (exact) mass is 127 g/mol. The van der Waals surface area contributed by atoms with Crippen LogP contribution in [0.3, 0.4) is 0 Å². The third-order valence-corrected chi connectivity index (χ3v) is 0.937. The predicted molar refractivity (Wildman–Crippen MR) is 33.0 cm³/mol. The van der Waals surface area contributed by atoms with Crippen molar-refractivity contribution in [3.8, 4) is 6.19 Å². The Hall–Kier alpha value is -1.11. The van der Waals surface area contributed by atoms with E-state index in [4.69, 9.17) is 5.26 Å². The first-order valence-corrected chi connectivity index (χ1v) is 2.85. The molecule has 0 fully saturated rings. The molecule has 0 aliphatic heterocycles. The van der Waals surface area contributed by atoms with Gasteiger partial charge in [-0.05, 0) is 6.42 Å². The number of nitroso groups, excluding NO2 is 1. The van der Waals surface area contributed by atoms with E-state index in [0.717, 1.165) is 17.9 Å². The van der Waals surface area contributed by atoms with Crippen molar-refractivity contribution in [2.75, 3.05) is 6.54 Å². The van der Waals surface area contributed by atoms with Crippen molar-refractivity contribution < 1.29 is 0 Å². The molecule has 4 nitrogen and oxygen atoms in total. The second-order valence-corrected chi connectivity index (χ2v) is 1.66. The van der Waals surface area contributed by atoms with Crippen LogP contribution in [0.2, 0.25) is 0 Å². The Bertz CT molecular complexity index is 118. The quantitative estimate of drug-likeness (QED) is 0.247. The lowest BCUT2D eigenvalue weighted by atomic mass is 10.3. The first kappa shape index (κ1) is 7.89. The molecule has 0 bridgehead atoms. The van der Waals surface area contributed by atoms with E-state index in [1.807, 2.05) is 6.92 Å². The van der Waals surface area contributed by atoms with Gasteiger partial charge in [0.25, 0.3) is 0 Å². The first-order valence-electron chi connectivity index (χ1n) is 2.85. The molecule has 0 N–H and O–H groups in total. The van der Waals surface area contributed by atoms with E-state index in [0.29, 0.717) is 6.54 Å². The molecule has 0 unspecified atom stereocenters. The van der Waals surface area contributed by atoms with Crippen molar-refractivity contribution in [2.45, 2.75) is 19.8 Å². The van der Waals surface area contributed by atoms with Gasteiger partial charge in [0, 0.05) is 0 Å². The molecule has 9 heavy (non-hydrogen) atoms. The van der Waals surface area contributed by atoms with Crippen LogP contribution in [-0.4, -0.2) is 11.6 Å². The molecule has 0 spiro atoms. The minimum Gasteiger partial charge on any atom is -0.171 e. The van der Waals surface area contributed by atoms with Gasteiger partial charge in [-0.2, -0.15) is 10.3 Å². The summed E-state index contributed by atoms with van der Waals surface area (Å²) in [5.41, 5.74) is 0. The van der Waals surface area contributed by atoms with Gasteiger partial charge < -0.3 is 0 Å². The molecule has 0 saturated heterocycles. The van der Waals surface area contributed by atoms with Gasteiger partial charge in [-0.25, -0.2) is 0 Å². The van der Waals surface area contributed by atoms with Crippen molar-refractivity contribution >= 4 is 0 Å². The third-order valence-electron chi connectivity index (χ3n) is 0.937. The highest BCUT2D eigenvalue weighted by atomic mass is 16.3. The molecule has 0 aliphatic carbocycles. The van der Waals surface area contributed by atoms with Gasteiger partial charge in [0.15, 0.2) is 0 Å². The Balaban J connectivity index is 3.34. The summed E-state index contributed by atoms with van der Waals surface area (Å²) in [6, 6.07) is 0. The van der Waals surface area contributed by atoms with Crippen molar-refractivity contribution in [1.82, 2.24) is 5.01 Å². The number of hydrogen-bond acceptors (Lipinski definition) is 3. The smallest absolute Gasteiger partial charge is 0.171 e. The van der Waals surface area contributed by atoms with Crippen molar-refractivity contribution in [1.29, 1.82) is 5.26 Å².